The van der Waals surface area contributed by atoms with E-state index >= 15 is 0 Å². The minimum absolute atomic E-state index is 0.298. The zero-order chi connectivity index (χ0) is 17.7. The molecule has 0 aliphatic carbocycles. The van der Waals surface area contributed by atoms with Crippen LogP contribution in [0, 0.1) is 25.2 Å². The Morgan fingerprint density at radius 3 is 2.38 bits per heavy atom. The molecule has 0 fully saturated rings. The summed E-state index contributed by atoms with van der Waals surface area (Å²) in [7, 11) is 0. The number of phenols is 1. The van der Waals surface area contributed by atoms with Gasteiger partial charge in [0.1, 0.15) is 17.4 Å². The van der Waals surface area contributed by atoms with Crippen molar-refractivity contribution in [2.75, 3.05) is 0 Å². The molecule has 0 aliphatic heterocycles. The maximum atomic E-state index is 9.45. The van der Waals surface area contributed by atoms with Crippen LogP contribution in [-0.4, -0.2) is 5.11 Å². The van der Waals surface area contributed by atoms with Crippen LogP contribution in [0.25, 0.3) is 17.0 Å². The third-order valence-corrected chi connectivity index (χ3v) is 3.69. The summed E-state index contributed by atoms with van der Waals surface area (Å²) in [6.07, 6.45) is 1.80. The average molecular weight is 449 g/mol. The second-order valence-electron chi connectivity index (χ2n) is 5.26. The number of rotatable bonds is 1. The van der Waals surface area contributed by atoms with Crippen molar-refractivity contribution in [2.45, 2.75) is 13.8 Å². The van der Waals surface area contributed by atoms with Gasteiger partial charge in [0.15, 0.2) is 0 Å². The van der Waals surface area contributed by atoms with Crippen LogP contribution in [0.5, 0.6) is 5.75 Å². The molecule has 2 aromatic carbocycles. The molecule has 3 nitrogen and oxygen atoms in total. The van der Waals surface area contributed by atoms with E-state index in [0.29, 0.717) is 11.5 Å². The van der Waals surface area contributed by atoms with Crippen molar-refractivity contribution in [3.63, 3.8) is 0 Å². The van der Waals surface area contributed by atoms with Gasteiger partial charge < -0.3 is 9.52 Å². The molecule has 0 spiro atoms. The molecule has 0 saturated carbocycles. The molecule has 1 N–H and O–H groups in total. The fraction of sp³-hybridized carbons (Fsp3) is 0.105. The lowest BCUT2D eigenvalue weighted by molar-refractivity contribution is 0.473. The fourth-order valence-corrected chi connectivity index (χ4v) is 2.58. The van der Waals surface area contributed by atoms with Crippen molar-refractivity contribution in [1.82, 2.24) is 0 Å². The van der Waals surface area contributed by atoms with E-state index in [9.17, 15) is 5.11 Å². The highest BCUT2D eigenvalue weighted by Crippen LogP contribution is 2.25. The monoisotopic (exact) mass is 447 g/mol. The van der Waals surface area contributed by atoms with E-state index in [1.807, 2.05) is 50.2 Å². The molecule has 1 heterocycles. The molecule has 122 valence electrons. The molecule has 0 atom stereocenters. The number of furan rings is 1. The van der Waals surface area contributed by atoms with Gasteiger partial charge in [-0.15, -0.1) is 0 Å². The van der Waals surface area contributed by atoms with Crippen molar-refractivity contribution in [3.8, 4) is 11.8 Å². The second kappa shape index (κ2) is 8.18. The van der Waals surface area contributed by atoms with Crippen LogP contribution in [0.2, 0.25) is 0 Å². The summed E-state index contributed by atoms with van der Waals surface area (Å²) in [4.78, 5) is 0. The number of phenolic OH excluding ortho intramolecular Hbond substituents is 1. The van der Waals surface area contributed by atoms with Gasteiger partial charge in [0.05, 0.1) is 3.39 Å². The van der Waals surface area contributed by atoms with Crippen molar-refractivity contribution in [1.29, 1.82) is 5.26 Å². The summed E-state index contributed by atoms with van der Waals surface area (Å²) in [5.41, 5.74) is 3.77. The molecular weight excluding hydrogens is 434 g/mol. The Balaban J connectivity index is 0.000000174. The molecule has 3 rings (SSSR count). The van der Waals surface area contributed by atoms with Crippen LogP contribution in [0.1, 0.15) is 22.5 Å². The van der Waals surface area contributed by atoms with Gasteiger partial charge in [0.2, 0.25) is 5.76 Å². The Morgan fingerprint density at radius 2 is 1.75 bits per heavy atom. The van der Waals surface area contributed by atoms with E-state index in [-0.39, 0.29) is 0 Å². The first-order valence-corrected chi connectivity index (χ1v) is 8.70. The highest BCUT2D eigenvalue weighted by Gasteiger charge is 2.01. The van der Waals surface area contributed by atoms with Gasteiger partial charge in [-0.25, -0.2) is 0 Å². The summed E-state index contributed by atoms with van der Waals surface area (Å²) >= 11 is 6.46. The molecule has 5 heteroatoms. The van der Waals surface area contributed by atoms with Crippen molar-refractivity contribution >= 4 is 48.9 Å². The molecule has 0 aliphatic rings. The molecule has 0 radical (unpaired) electrons. The van der Waals surface area contributed by atoms with E-state index in [4.69, 9.17) is 9.68 Å². The Morgan fingerprint density at radius 1 is 1.08 bits per heavy atom. The third kappa shape index (κ3) is 4.98. The number of fused-ring (bicyclic) bond motifs is 1. The van der Waals surface area contributed by atoms with Gasteiger partial charge in [-0.05, 0) is 75.0 Å². The fourth-order valence-electron chi connectivity index (χ4n) is 2.09. The summed E-state index contributed by atoms with van der Waals surface area (Å²) in [6.45, 7) is 3.93. The molecule has 0 saturated heterocycles. The highest BCUT2D eigenvalue weighted by atomic mass is 79.9. The second-order valence-corrected chi connectivity index (χ2v) is 8.03. The number of halogens is 2. The molecule has 3 aromatic rings. The van der Waals surface area contributed by atoms with Crippen molar-refractivity contribution in [2.24, 2.45) is 0 Å². The average Bonchev–Trinajstić information content (AvgIpc) is 2.92. The first kappa shape index (κ1) is 18.3. The minimum Gasteiger partial charge on any atom is -0.507 e. The standard InChI is InChI=1S/C10H7NO.C9H8Br2O/c1-7-2-3-8-5-9(6-11)12-10(8)4-7;1-6-2-3-7(5-9(10)11)8(12)4-6/h2-5H,1H3;2-5,12H,1H3. The zero-order valence-corrected chi connectivity index (χ0v) is 16.3. The first-order chi connectivity index (χ1) is 11.4. The van der Waals surface area contributed by atoms with Gasteiger partial charge in [0.25, 0.3) is 0 Å². The molecule has 1 aromatic heterocycles. The maximum Gasteiger partial charge on any atom is 0.204 e. The zero-order valence-electron chi connectivity index (χ0n) is 13.2. The van der Waals surface area contributed by atoms with Gasteiger partial charge in [-0.2, -0.15) is 5.26 Å². The topological polar surface area (TPSA) is 57.2 Å². The first-order valence-electron chi connectivity index (χ1n) is 7.11. The van der Waals surface area contributed by atoms with Crippen LogP contribution < -0.4 is 0 Å². The summed E-state index contributed by atoms with van der Waals surface area (Å²) < 4.78 is 6.05. The predicted molar refractivity (Wildman–Crippen MR) is 104 cm³/mol. The minimum atomic E-state index is 0.298. The van der Waals surface area contributed by atoms with Crippen LogP contribution in [-0.2, 0) is 0 Å². The Labute approximate surface area is 157 Å². The number of hydrogen-bond donors (Lipinski definition) is 1. The van der Waals surface area contributed by atoms with Crippen molar-refractivity contribution in [3.05, 3.63) is 68.3 Å². The predicted octanol–water partition coefficient (Wildman–Crippen LogP) is 6.40. The van der Waals surface area contributed by atoms with E-state index in [1.165, 1.54) is 0 Å². The number of nitriles is 1. The Kier molecular flexibility index (Phi) is 6.24. The summed E-state index contributed by atoms with van der Waals surface area (Å²) in [6, 6.07) is 15.1. The molecule has 0 amide bonds. The smallest absolute Gasteiger partial charge is 0.204 e. The molecule has 0 unspecified atom stereocenters. The number of aryl methyl sites for hydroxylation is 2. The van der Waals surface area contributed by atoms with Gasteiger partial charge in [-0.3, -0.25) is 0 Å². The quantitative estimate of drug-likeness (QED) is 0.468. The number of benzene rings is 2. The largest absolute Gasteiger partial charge is 0.507 e. The number of aromatic hydroxyl groups is 1. The van der Waals surface area contributed by atoms with Gasteiger partial charge in [0, 0.05) is 17.0 Å². The lowest BCUT2D eigenvalue weighted by Crippen LogP contribution is -1.76. The SMILES string of the molecule is Cc1ccc(C=C(Br)Br)c(O)c1.Cc1ccc2cc(C#N)oc2c1. The van der Waals surface area contributed by atoms with Gasteiger partial charge in [-0.1, -0.05) is 24.3 Å². The third-order valence-electron chi connectivity index (χ3n) is 3.24. The lowest BCUT2D eigenvalue weighted by Gasteiger charge is -1.99. The maximum absolute atomic E-state index is 9.45. The van der Waals surface area contributed by atoms with Crippen LogP contribution in [0.4, 0.5) is 0 Å². The van der Waals surface area contributed by atoms with E-state index in [0.717, 1.165) is 31.1 Å². The van der Waals surface area contributed by atoms with Crippen LogP contribution >= 0.6 is 31.9 Å². The van der Waals surface area contributed by atoms with E-state index < -0.39 is 0 Å². The van der Waals surface area contributed by atoms with Crippen LogP contribution in [0.15, 0.2) is 50.3 Å². The highest BCUT2D eigenvalue weighted by molar-refractivity contribution is 9.28. The lowest BCUT2D eigenvalue weighted by atomic mass is 10.1. The normalized spacial score (nSPS) is 9.79. The Hall–Kier alpha value is -2.03. The Bertz CT molecular complexity index is 932. The molecular formula is C19H15Br2NO2. The van der Waals surface area contributed by atoms with Gasteiger partial charge >= 0.3 is 0 Å². The summed E-state index contributed by atoms with van der Waals surface area (Å²) in [5.74, 6) is 0.669. The number of nitrogens with zero attached hydrogens (tertiary/aromatic N) is 1. The molecule has 24 heavy (non-hydrogen) atoms. The molecule has 0 bridgehead atoms. The van der Waals surface area contributed by atoms with E-state index in [1.54, 1.807) is 18.2 Å². The van der Waals surface area contributed by atoms with Crippen molar-refractivity contribution < 1.29 is 9.52 Å². The van der Waals surface area contributed by atoms with Crippen LogP contribution in [0.3, 0.4) is 0 Å². The van der Waals surface area contributed by atoms with E-state index in [2.05, 4.69) is 31.9 Å². The number of hydrogen-bond acceptors (Lipinski definition) is 3. The summed E-state index contributed by atoms with van der Waals surface area (Å²) in [5, 5.41) is 19.0.